The van der Waals surface area contributed by atoms with E-state index in [1.165, 1.54) is 18.2 Å². The molecule has 1 heterocycles. The van der Waals surface area contributed by atoms with Gasteiger partial charge in [-0.15, -0.1) is 0 Å². The number of rotatable bonds is 4. The number of hydrogen-bond donors (Lipinski definition) is 0. The Morgan fingerprint density at radius 1 is 1.27 bits per heavy atom. The third-order valence-electron chi connectivity index (χ3n) is 4.62. The molecule has 0 fully saturated rings. The van der Waals surface area contributed by atoms with Gasteiger partial charge in [-0.05, 0) is 48.4 Å². The van der Waals surface area contributed by atoms with Crippen LogP contribution in [-0.4, -0.2) is 44.7 Å². The van der Waals surface area contributed by atoms with E-state index in [2.05, 4.69) is 17.0 Å². The van der Waals surface area contributed by atoms with Gasteiger partial charge in [0.15, 0.2) is 0 Å². The zero-order valence-corrected chi connectivity index (χ0v) is 13.3. The summed E-state index contributed by atoms with van der Waals surface area (Å²) in [6.45, 7) is 2.77. The lowest BCUT2D eigenvalue weighted by Crippen LogP contribution is -2.36. The van der Waals surface area contributed by atoms with Crippen molar-refractivity contribution in [2.45, 2.75) is 19.3 Å². The summed E-state index contributed by atoms with van der Waals surface area (Å²) in [4.78, 5) is 14.0. The van der Waals surface area contributed by atoms with Crippen molar-refractivity contribution in [1.82, 2.24) is 4.90 Å². The molecule has 0 saturated heterocycles. The van der Waals surface area contributed by atoms with Gasteiger partial charge in [-0.1, -0.05) is 12.1 Å². The van der Waals surface area contributed by atoms with Crippen LogP contribution in [0.15, 0.2) is 29.8 Å². The molecule has 1 atom stereocenters. The molecular weight excluding hydrogens is 278 g/mol. The summed E-state index contributed by atoms with van der Waals surface area (Å²) < 4.78 is 10.1. The maximum absolute atomic E-state index is 11.7. The number of ether oxygens (including phenoxy) is 2. The molecule has 1 aromatic carbocycles. The van der Waals surface area contributed by atoms with Gasteiger partial charge in [-0.25, -0.2) is 4.79 Å². The highest BCUT2D eigenvalue weighted by molar-refractivity contribution is 5.88. The van der Waals surface area contributed by atoms with Crippen LogP contribution in [0, 0.1) is 5.92 Å². The summed E-state index contributed by atoms with van der Waals surface area (Å²) in [6.07, 6.45) is 5.15. The van der Waals surface area contributed by atoms with Gasteiger partial charge in [0.2, 0.25) is 0 Å². The monoisotopic (exact) mass is 301 g/mol. The van der Waals surface area contributed by atoms with Crippen LogP contribution >= 0.6 is 0 Å². The molecule has 0 bridgehead atoms. The Balaban J connectivity index is 1.59. The summed E-state index contributed by atoms with van der Waals surface area (Å²) in [5.74, 6) is 1.37. The van der Waals surface area contributed by atoms with E-state index >= 15 is 0 Å². The Morgan fingerprint density at radius 3 is 2.86 bits per heavy atom. The minimum atomic E-state index is -0.191. The number of esters is 1. The highest BCUT2D eigenvalue weighted by Crippen LogP contribution is 2.30. The number of hydrogen-bond acceptors (Lipinski definition) is 4. The fraction of sp³-hybridized carbons (Fsp3) is 0.500. The van der Waals surface area contributed by atoms with Crippen molar-refractivity contribution >= 4 is 5.97 Å². The summed E-state index contributed by atoms with van der Waals surface area (Å²) in [5, 5.41) is 0. The van der Waals surface area contributed by atoms with Crippen molar-refractivity contribution in [3.05, 3.63) is 41.0 Å². The van der Waals surface area contributed by atoms with Crippen molar-refractivity contribution in [3.8, 4) is 5.75 Å². The van der Waals surface area contributed by atoms with E-state index in [9.17, 15) is 4.79 Å². The van der Waals surface area contributed by atoms with Gasteiger partial charge in [0.05, 0.1) is 14.2 Å². The molecule has 1 aliphatic carbocycles. The molecular formula is C18H23NO3. The third kappa shape index (κ3) is 3.17. The van der Waals surface area contributed by atoms with Crippen LogP contribution in [0.3, 0.4) is 0 Å². The second-order valence-corrected chi connectivity index (χ2v) is 6.15. The smallest absolute Gasteiger partial charge is 0.334 e. The van der Waals surface area contributed by atoms with Crippen molar-refractivity contribution in [3.63, 3.8) is 0 Å². The topological polar surface area (TPSA) is 38.8 Å². The minimum absolute atomic E-state index is 0.191. The van der Waals surface area contributed by atoms with Crippen molar-refractivity contribution in [2.75, 3.05) is 33.9 Å². The lowest BCUT2D eigenvalue weighted by molar-refractivity contribution is -0.136. The van der Waals surface area contributed by atoms with E-state index in [4.69, 9.17) is 9.47 Å². The molecule has 4 nitrogen and oxygen atoms in total. The first-order valence-corrected chi connectivity index (χ1v) is 7.85. The molecule has 0 aromatic heterocycles. The van der Waals surface area contributed by atoms with Gasteiger partial charge in [0, 0.05) is 25.2 Å². The Morgan fingerprint density at radius 2 is 2.09 bits per heavy atom. The Bertz CT molecular complexity index is 594. The zero-order valence-electron chi connectivity index (χ0n) is 13.3. The van der Waals surface area contributed by atoms with Crippen molar-refractivity contribution in [1.29, 1.82) is 0 Å². The average molecular weight is 301 g/mol. The van der Waals surface area contributed by atoms with Gasteiger partial charge in [-0.3, -0.25) is 4.90 Å². The third-order valence-corrected chi connectivity index (χ3v) is 4.62. The number of fused-ring (bicyclic) bond motifs is 1. The van der Waals surface area contributed by atoms with Crippen LogP contribution in [0.2, 0.25) is 0 Å². The van der Waals surface area contributed by atoms with Crippen molar-refractivity contribution < 1.29 is 14.3 Å². The number of methoxy groups -OCH3 is 2. The molecule has 1 aliphatic heterocycles. The van der Waals surface area contributed by atoms with Gasteiger partial charge in [-0.2, -0.15) is 0 Å². The van der Waals surface area contributed by atoms with Crippen molar-refractivity contribution in [2.24, 2.45) is 5.92 Å². The van der Waals surface area contributed by atoms with Gasteiger partial charge < -0.3 is 9.47 Å². The number of nitrogens with zero attached hydrogens (tertiary/aromatic N) is 1. The van der Waals surface area contributed by atoms with Crippen LogP contribution in [0.5, 0.6) is 5.75 Å². The summed E-state index contributed by atoms with van der Waals surface area (Å²) >= 11 is 0. The lowest BCUT2D eigenvalue weighted by atomic mass is 10.0. The Labute approximate surface area is 131 Å². The quantitative estimate of drug-likeness (QED) is 0.799. The number of benzene rings is 1. The summed E-state index contributed by atoms with van der Waals surface area (Å²) in [6, 6.07) is 6.38. The molecule has 0 radical (unpaired) electrons. The zero-order chi connectivity index (χ0) is 15.5. The molecule has 1 unspecified atom stereocenters. The first-order chi connectivity index (χ1) is 10.7. The molecule has 0 amide bonds. The average Bonchev–Trinajstić information content (AvgIpc) is 2.95. The summed E-state index contributed by atoms with van der Waals surface area (Å²) in [5.41, 5.74) is 3.64. The second kappa shape index (κ2) is 6.53. The normalized spacial score (nSPS) is 21.2. The molecule has 3 rings (SSSR count). The number of carbonyl (C=O) groups excluding carboxylic acids is 1. The first kappa shape index (κ1) is 15.1. The van der Waals surface area contributed by atoms with Crippen LogP contribution in [0.25, 0.3) is 0 Å². The van der Waals surface area contributed by atoms with E-state index < -0.39 is 0 Å². The van der Waals surface area contributed by atoms with Crippen LogP contribution in [0.4, 0.5) is 0 Å². The van der Waals surface area contributed by atoms with E-state index in [-0.39, 0.29) is 5.97 Å². The second-order valence-electron chi connectivity index (χ2n) is 6.15. The maximum Gasteiger partial charge on any atom is 0.334 e. The fourth-order valence-electron chi connectivity index (χ4n) is 3.55. The van der Waals surface area contributed by atoms with Gasteiger partial charge >= 0.3 is 5.97 Å². The molecule has 0 saturated carbocycles. The maximum atomic E-state index is 11.7. The predicted molar refractivity (Wildman–Crippen MR) is 85.0 cm³/mol. The molecule has 118 valence electrons. The SMILES string of the molecule is COC(=O)C1=CCCN(CC2Cc3ccc(OC)cc3C2)C1. The largest absolute Gasteiger partial charge is 0.497 e. The fourth-order valence-corrected chi connectivity index (χ4v) is 3.55. The summed E-state index contributed by atoms with van der Waals surface area (Å²) in [7, 11) is 3.16. The molecule has 22 heavy (non-hydrogen) atoms. The molecule has 4 heteroatoms. The lowest BCUT2D eigenvalue weighted by Gasteiger charge is -2.28. The molecule has 2 aliphatic rings. The standard InChI is InChI=1S/C18H23NO3/c1-21-17-6-5-14-8-13(9-16(14)10-17)11-19-7-3-4-15(12-19)18(20)22-2/h4-6,10,13H,3,7-9,11-12H2,1-2H3. The minimum Gasteiger partial charge on any atom is -0.497 e. The molecule has 0 N–H and O–H groups in total. The highest BCUT2D eigenvalue weighted by atomic mass is 16.5. The highest BCUT2D eigenvalue weighted by Gasteiger charge is 2.26. The van der Waals surface area contributed by atoms with E-state index in [1.807, 2.05) is 12.1 Å². The van der Waals surface area contributed by atoms with Crippen LogP contribution < -0.4 is 4.74 Å². The predicted octanol–water partition coefficient (Wildman–Crippen LogP) is 2.22. The van der Waals surface area contributed by atoms with Crippen LogP contribution in [0.1, 0.15) is 17.5 Å². The molecule has 1 aromatic rings. The Kier molecular flexibility index (Phi) is 4.48. The van der Waals surface area contributed by atoms with Crippen LogP contribution in [-0.2, 0) is 22.4 Å². The molecule has 0 spiro atoms. The van der Waals surface area contributed by atoms with E-state index in [0.717, 1.165) is 43.7 Å². The van der Waals surface area contributed by atoms with Gasteiger partial charge in [0.25, 0.3) is 0 Å². The first-order valence-electron chi connectivity index (χ1n) is 7.85. The van der Waals surface area contributed by atoms with E-state index in [0.29, 0.717) is 12.5 Å². The Hall–Kier alpha value is -1.81. The van der Waals surface area contributed by atoms with Gasteiger partial charge in [0.1, 0.15) is 5.75 Å². The van der Waals surface area contributed by atoms with E-state index in [1.54, 1.807) is 7.11 Å². The number of carbonyl (C=O) groups is 1.